The molecule has 0 radical (unpaired) electrons. The second-order valence-corrected chi connectivity index (χ2v) is 6.50. The second kappa shape index (κ2) is 5.38. The highest BCUT2D eigenvalue weighted by Crippen LogP contribution is 2.28. The van der Waals surface area contributed by atoms with Crippen molar-refractivity contribution in [3.63, 3.8) is 0 Å². The predicted octanol–water partition coefficient (Wildman–Crippen LogP) is 2.41. The van der Waals surface area contributed by atoms with Gasteiger partial charge in [0.05, 0.1) is 10.9 Å². The van der Waals surface area contributed by atoms with Crippen molar-refractivity contribution < 1.29 is 4.79 Å². The number of nitrogens with one attached hydrogen (secondary N) is 2. The Hall–Kier alpha value is -0.580. The quantitative estimate of drug-likeness (QED) is 0.887. The van der Waals surface area contributed by atoms with E-state index >= 15 is 0 Å². The minimum atomic E-state index is -0.216. The van der Waals surface area contributed by atoms with Crippen LogP contribution in [0.15, 0.2) is 12.1 Å². The highest BCUT2D eigenvalue weighted by Gasteiger charge is 2.34. The van der Waals surface area contributed by atoms with Gasteiger partial charge in [0.25, 0.3) is 0 Å². The third-order valence-corrected chi connectivity index (χ3v) is 4.54. The van der Waals surface area contributed by atoms with Gasteiger partial charge in [0.2, 0.25) is 5.91 Å². The van der Waals surface area contributed by atoms with Crippen molar-refractivity contribution in [2.24, 2.45) is 5.41 Å². The SMILES string of the molecule is CC1(C(=O)NCc2ccc(Cl)s2)CCNCC1. The number of carbonyl (C=O) groups excluding carboxylic acids is 1. The van der Waals surface area contributed by atoms with E-state index in [9.17, 15) is 4.79 Å². The Morgan fingerprint density at radius 3 is 2.82 bits per heavy atom. The molecule has 0 aromatic carbocycles. The first-order valence-corrected chi connectivity index (χ1v) is 7.03. The van der Waals surface area contributed by atoms with Crippen molar-refractivity contribution >= 4 is 28.8 Å². The Balaban J connectivity index is 1.88. The van der Waals surface area contributed by atoms with Gasteiger partial charge in [0, 0.05) is 10.3 Å². The summed E-state index contributed by atoms with van der Waals surface area (Å²) >= 11 is 7.36. The molecule has 1 fully saturated rings. The zero-order valence-corrected chi connectivity index (χ0v) is 11.5. The van der Waals surface area contributed by atoms with E-state index in [1.807, 2.05) is 19.1 Å². The molecule has 1 aromatic heterocycles. The summed E-state index contributed by atoms with van der Waals surface area (Å²) in [7, 11) is 0. The van der Waals surface area contributed by atoms with E-state index in [2.05, 4.69) is 10.6 Å². The van der Waals surface area contributed by atoms with Gasteiger partial charge in [0.1, 0.15) is 0 Å². The number of halogens is 1. The Morgan fingerprint density at radius 1 is 1.53 bits per heavy atom. The van der Waals surface area contributed by atoms with Crippen LogP contribution in [0.1, 0.15) is 24.6 Å². The molecule has 5 heteroatoms. The van der Waals surface area contributed by atoms with Crippen molar-refractivity contribution in [1.29, 1.82) is 0 Å². The van der Waals surface area contributed by atoms with Crippen LogP contribution in [0.3, 0.4) is 0 Å². The zero-order chi connectivity index (χ0) is 12.3. The fraction of sp³-hybridized carbons (Fsp3) is 0.583. The number of hydrogen-bond acceptors (Lipinski definition) is 3. The number of piperidine rings is 1. The van der Waals surface area contributed by atoms with E-state index in [1.165, 1.54) is 11.3 Å². The van der Waals surface area contributed by atoms with Crippen LogP contribution in [0.25, 0.3) is 0 Å². The smallest absolute Gasteiger partial charge is 0.226 e. The summed E-state index contributed by atoms with van der Waals surface area (Å²) in [6.07, 6.45) is 1.81. The van der Waals surface area contributed by atoms with E-state index in [-0.39, 0.29) is 11.3 Å². The summed E-state index contributed by atoms with van der Waals surface area (Å²) in [4.78, 5) is 13.2. The van der Waals surface area contributed by atoms with Crippen molar-refractivity contribution in [2.75, 3.05) is 13.1 Å². The molecule has 1 saturated heterocycles. The summed E-state index contributed by atoms with van der Waals surface area (Å²) in [5.41, 5.74) is -0.216. The molecule has 1 amide bonds. The minimum Gasteiger partial charge on any atom is -0.351 e. The average molecular weight is 273 g/mol. The fourth-order valence-corrected chi connectivity index (χ4v) is 3.06. The third-order valence-electron chi connectivity index (χ3n) is 3.31. The topological polar surface area (TPSA) is 41.1 Å². The van der Waals surface area contributed by atoms with E-state index in [4.69, 9.17) is 11.6 Å². The van der Waals surface area contributed by atoms with E-state index in [0.717, 1.165) is 35.1 Å². The van der Waals surface area contributed by atoms with Crippen LogP contribution in [0.4, 0.5) is 0 Å². The molecule has 1 aromatic rings. The molecule has 3 nitrogen and oxygen atoms in total. The third kappa shape index (κ3) is 3.21. The van der Waals surface area contributed by atoms with Crippen molar-refractivity contribution in [3.8, 4) is 0 Å². The van der Waals surface area contributed by atoms with Gasteiger partial charge in [0.15, 0.2) is 0 Å². The molecule has 0 bridgehead atoms. The molecular weight excluding hydrogens is 256 g/mol. The second-order valence-electron chi connectivity index (χ2n) is 4.70. The summed E-state index contributed by atoms with van der Waals surface area (Å²) in [5, 5.41) is 6.28. The maximum Gasteiger partial charge on any atom is 0.226 e. The molecule has 1 aliphatic heterocycles. The van der Waals surface area contributed by atoms with E-state index in [1.54, 1.807) is 0 Å². The van der Waals surface area contributed by atoms with Crippen LogP contribution in [-0.4, -0.2) is 19.0 Å². The van der Waals surface area contributed by atoms with Crippen LogP contribution in [0.2, 0.25) is 4.34 Å². The normalized spacial score (nSPS) is 18.9. The Bertz CT molecular complexity index is 399. The number of rotatable bonds is 3. The Morgan fingerprint density at radius 2 is 2.24 bits per heavy atom. The molecule has 17 heavy (non-hydrogen) atoms. The average Bonchev–Trinajstić information content (AvgIpc) is 2.73. The predicted molar refractivity (Wildman–Crippen MR) is 71.4 cm³/mol. The molecule has 0 atom stereocenters. The molecule has 2 N–H and O–H groups in total. The first-order chi connectivity index (χ1) is 8.10. The van der Waals surface area contributed by atoms with Crippen molar-refractivity contribution in [2.45, 2.75) is 26.3 Å². The summed E-state index contributed by atoms with van der Waals surface area (Å²) in [5.74, 6) is 0.156. The summed E-state index contributed by atoms with van der Waals surface area (Å²) in [6.45, 7) is 4.48. The molecule has 0 saturated carbocycles. The molecule has 1 aliphatic rings. The number of carbonyl (C=O) groups is 1. The summed E-state index contributed by atoms with van der Waals surface area (Å²) in [6, 6.07) is 3.82. The lowest BCUT2D eigenvalue weighted by atomic mass is 9.80. The Labute approximate surface area is 111 Å². The van der Waals surface area contributed by atoms with Gasteiger partial charge in [-0.3, -0.25) is 4.79 Å². The molecule has 94 valence electrons. The first-order valence-electron chi connectivity index (χ1n) is 5.83. The monoisotopic (exact) mass is 272 g/mol. The minimum absolute atomic E-state index is 0.156. The maximum atomic E-state index is 12.1. The highest BCUT2D eigenvalue weighted by atomic mass is 35.5. The van der Waals surface area contributed by atoms with Crippen LogP contribution in [-0.2, 0) is 11.3 Å². The van der Waals surface area contributed by atoms with Gasteiger partial charge in [-0.1, -0.05) is 18.5 Å². The molecular formula is C12H17ClN2OS. The number of hydrogen-bond donors (Lipinski definition) is 2. The van der Waals surface area contributed by atoms with E-state index in [0.29, 0.717) is 6.54 Å². The number of amides is 1. The fourth-order valence-electron chi connectivity index (χ4n) is 2.03. The van der Waals surface area contributed by atoms with Gasteiger partial charge in [-0.25, -0.2) is 0 Å². The lowest BCUT2D eigenvalue weighted by Crippen LogP contribution is -2.45. The van der Waals surface area contributed by atoms with Crippen LogP contribution >= 0.6 is 22.9 Å². The van der Waals surface area contributed by atoms with Crippen molar-refractivity contribution in [1.82, 2.24) is 10.6 Å². The summed E-state index contributed by atoms with van der Waals surface area (Å²) < 4.78 is 0.766. The van der Waals surface area contributed by atoms with Crippen LogP contribution in [0.5, 0.6) is 0 Å². The lowest BCUT2D eigenvalue weighted by molar-refractivity contribution is -0.131. The highest BCUT2D eigenvalue weighted by molar-refractivity contribution is 7.16. The standard InChI is InChI=1S/C12H17ClN2OS/c1-12(4-6-14-7-5-12)11(16)15-8-9-2-3-10(13)17-9/h2-3,14H,4-8H2,1H3,(H,15,16). The van der Waals surface area contributed by atoms with Crippen LogP contribution < -0.4 is 10.6 Å². The molecule has 0 aliphatic carbocycles. The van der Waals surface area contributed by atoms with E-state index < -0.39 is 0 Å². The van der Waals surface area contributed by atoms with Crippen molar-refractivity contribution in [3.05, 3.63) is 21.3 Å². The first kappa shape index (κ1) is 12.9. The molecule has 0 spiro atoms. The van der Waals surface area contributed by atoms with Crippen LogP contribution in [0, 0.1) is 5.41 Å². The lowest BCUT2D eigenvalue weighted by Gasteiger charge is -2.32. The zero-order valence-electron chi connectivity index (χ0n) is 9.88. The molecule has 2 heterocycles. The maximum absolute atomic E-state index is 12.1. The largest absolute Gasteiger partial charge is 0.351 e. The van der Waals surface area contributed by atoms with Gasteiger partial charge in [-0.15, -0.1) is 11.3 Å². The van der Waals surface area contributed by atoms with Gasteiger partial charge in [-0.2, -0.15) is 0 Å². The van der Waals surface area contributed by atoms with Gasteiger partial charge in [-0.05, 0) is 38.1 Å². The molecule has 0 unspecified atom stereocenters. The Kier molecular flexibility index (Phi) is 4.07. The van der Waals surface area contributed by atoms with Gasteiger partial charge >= 0.3 is 0 Å². The number of thiophene rings is 1. The van der Waals surface area contributed by atoms with Gasteiger partial charge < -0.3 is 10.6 Å². The molecule has 2 rings (SSSR count).